The Kier molecular flexibility index (Phi) is 5.59. The van der Waals surface area contributed by atoms with Gasteiger partial charge >= 0.3 is 0 Å². The van der Waals surface area contributed by atoms with Gasteiger partial charge in [-0.3, -0.25) is 9.89 Å². The van der Waals surface area contributed by atoms with E-state index in [1.807, 2.05) is 13.0 Å². The van der Waals surface area contributed by atoms with E-state index in [9.17, 15) is 4.79 Å². The minimum Gasteiger partial charge on any atom is -0.384 e. The number of ether oxygens (including phenoxy) is 1. The van der Waals surface area contributed by atoms with Crippen molar-refractivity contribution in [2.45, 2.75) is 45.4 Å². The Hall–Kier alpha value is -1.36. The van der Waals surface area contributed by atoms with Crippen LogP contribution in [-0.4, -0.2) is 29.8 Å². The molecule has 1 saturated carbocycles. The first-order valence-electron chi connectivity index (χ1n) is 7.53. The van der Waals surface area contributed by atoms with E-state index in [-0.39, 0.29) is 11.8 Å². The molecule has 112 valence electrons. The number of methoxy groups -OCH3 is 1. The van der Waals surface area contributed by atoms with E-state index in [1.54, 1.807) is 7.11 Å². The number of rotatable bonds is 6. The summed E-state index contributed by atoms with van der Waals surface area (Å²) in [6.45, 7) is 2.26. The van der Waals surface area contributed by atoms with E-state index in [2.05, 4.69) is 15.5 Å². The molecule has 5 nitrogen and oxygen atoms in total. The van der Waals surface area contributed by atoms with Crippen molar-refractivity contribution in [3.63, 3.8) is 0 Å². The number of hydrogen-bond donors (Lipinski definition) is 2. The van der Waals surface area contributed by atoms with E-state index in [1.165, 1.54) is 32.1 Å². The zero-order valence-corrected chi connectivity index (χ0v) is 12.4. The summed E-state index contributed by atoms with van der Waals surface area (Å²) in [4.78, 5) is 11.9. The van der Waals surface area contributed by atoms with Gasteiger partial charge in [0.25, 0.3) is 0 Å². The van der Waals surface area contributed by atoms with Crippen molar-refractivity contribution in [3.8, 4) is 0 Å². The van der Waals surface area contributed by atoms with Gasteiger partial charge in [0.2, 0.25) is 5.91 Å². The Balaban J connectivity index is 1.83. The molecule has 1 aliphatic rings. The third-order valence-electron chi connectivity index (χ3n) is 3.98. The van der Waals surface area contributed by atoms with Gasteiger partial charge < -0.3 is 10.1 Å². The summed E-state index contributed by atoms with van der Waals surface area (Å²) in [5, 5.41) is 10.0. The molecular formula is C15H25N3O2. The summed E-state index contributed by atoms with van der Waals surface area (Å²) < 4.78 is 4.98. The molecule has 0 aromatic carbocycles. The second-order valence-electron chi connectivity index (χ2n) is 5.83. The van der Waals surface area contributed by atoms with E-state index >= 15 is 0 Å². The summed E-state index contributed by atoms with van der Waals surface area (Å²) in [6, 6.07) is 1.95. The molecule has 1 aromatic rings. The summed E-state index contributed by atoms with van der Waals surface area (Å²) in [5.74, 6) is 1.16. The number of nitrogens with zero attached hydrogens (tertiary/aromatic N) is 1. The topological polar surface area (TPSA) is 67.0 Å². The fourth-order valence-electron chi connectivity index (χ4n) is 2.81. The molecule has 1 unspecified atom stereocenters. The average molecular weight is 279 g/mol. The number of hydrogen-bond acceptors (Lipinski definition) is 3. The quantitative estimate of drug-likeness (QED) is 0.841. The zero-order chi connectivity index (χ0) is 14.4. The van der Waals surface area contributed by atoms with Gasteiger partial charge in [-0.1, -0.05) is 39.0 Å². The normalized spacial score (nSPS) is 17.9. The molecule has 0 aliphatic heterocycles. The predicted octanol–water partition coefficient (Wildman–Crippen LogP) is 2.75. The number of aromatic amines is 1. The molecule has 20 heavy (non-hydrogen) atoms. The zero-order valence-electron chi connectivity index (χ0n) is 12.4. The first kappa shape index (κ1) is 15.0. The Labute approximate surface area is 120 Å². The molecule has 1 amide bonds. The number of nitrogens with one attached hydrogen (secondary N) is 2. The summed E-state index contributed by atoms with van der Waals surface area (Å²) in [5.41, 5.74) is 1.12. The second-order valence-corrected chi connectivity index (χ2v) is 5.83. The number of carbonyl (C=O) groups is 1. The molecule has 1 aliphatic carbocycles. The van der Waals surface area contributed by atoms with Gasteiger partial charge in [0.1, 0.15) is 0 Å². The Bertz CT molecular complexity index is 425. The first-order chi connectivity index (χ1) is 9.69. The minimum atomic E-state index is -0.168. The maximum Gasteiger partial charge on any atom is 0.230 e. The van der Waals surface area contributed by atoms with Crippen molar-refractivity contribution in [2.75, 3.05) is 19.0 Å². The van der Waals surface area contributed by atoms with Crippen LogP contribution in [0, 0.1) is 11.8 Å². The predicted molar refractivity (Wildman–Crippen MR) is 78.5 cm³/mol. The van der Waals surface area contributed by atoms with Crippen LogP contribution in [0.25, 0.3) is 0 Å². The highest BCUT2D eigenvalue weighted by atomic mass is 16.5. The molecule has 0 saturated heterocycles. The highest BCUT2D eigenvalue weighted by molar-refractivity contribution is 5.91. The smallest absolute Gasteiger partial charge is 0.230 e. The standard InChI is InChI=1S/C15H25N3O2/c1-11(10-20-2)15(19)16-14-9-13(17-18-14)8-12-6-4-3-5-7-12/h9,11-12H,3-8,10H2,1-2H3,(H2,16,17,18,19). The van der Waals surface area contributed by atoms with Crippen molar-refractivity contribution in [1.82, 2.24) is 10.2 Å². The molecule has 2 rings (SSSR count). The van der Waals surface area contributed by atoms with E-state index in [0.29, 0.717) is 12.4 Å². The fraction of sp³-hybridized carbons (Fsp3) is 0.733. The van der Waals surface area contributed by atoms with E-state index < -0.39 is 0 Å². The van der Waals surface area contributed by atoms with Crippen molar-refractivity contribution >= 4 is 11.7 Å². The third kappa shape index (κ3) is 4.34. The van der Waals surface area contributed by atoms with Crippen molar-refractivity contribution in [2.24, 2.45) is 11.8 Å². The molecule has 0 bridgehead atoms. The van der Waals surface area contributed by atoms with Crippen molar-refractivity contribution in [3.05, 3.63) is 11.8 Å². The largest absolute Gasteiger partial charge is 0.384 e. The van der Waals surface area contributed by atoms with Gasteiger partial charge in [-0.25, -0.2) is 0 Å². The highest BCUT2D eigenvalue weighted by Gasteiger charge is 2.17. The number of carbonyl (C=O) groups excluding carboxylic acids is 1. The minimum absolute atomic E-state index is 0.0532. The molecular weight excluding hydrogens is 254 g/mol. The number of aromatic nitrogens is 2. The molecule has 0 spiro atoms. The van der Waals surface area contributed by atoms with Gasteiger partial charge in [0.05, 0.1) is 12.5 Å². The first-order valence-corrected chi connectivity index (χ1v) is 7.53. The van der Waals surface area contributed by atoms with Crippen LogP contribution in [0.2, 0.25) is 0 Å². The molecule has 1 heterocycles. The van der Waals surface area contributed by atoms with Gasteiger partial charge in [-0.15, -0.1) is 0 Å². The molecule has 5 heteroatoms. The third-order valence-corrected chi connectivity index (χ3v) is 3.98. The van der Waals surface area contributed by atoms with Crippen LogP contribution in [0.15, 0.2) is 6.07 Å². The van der Waals surface area contributed by atoms with Crippen LogP contribution < -0.4 is 5.32 Å². The van der Waals surface area contributed by atoms with Crippen LogP contribution in [0.3, 0.4) is 0 Å². The van der Waals surface area contributed by atoms with Crippen LogP contribution in [0.5, 0.6) is 0 Å². The van der Waals surface area contributed by atoms with E-state index in [4.69, 9.17) is 4.74 Å². The van der Waals surface area contributed by atoms with Crippen molar-refractivity contribution < 1.29 is 9.53 Å². The number of anilines is 1. The number of amides is 1. The van der Waals surface area contributed by atoms with Crippen LogP contribution in [0.1, 0.15) is 44.7 Å². The van der Waals surface area contributed by atoms with Crippen LogP contribution >= 0.6 is 0 Å². The summed E-state index contributed by atoms with van der Waals surface area (Å²) >= 11 is 0. The van der Waals surface area contributed by atoms with Crippen LogP contribution in [-0.2, 0) is 16.0 Å². The summed E-state index contributed by atoms with van der Waals surface area (Å²) in [6.07, 6.45) is 7.72. The lowest BCUT2D eigenvalue weighted by Gasteiger charge is -2.20. The average Bonchev–Trinajstić information content (AvgIpc) is 2.87. The maximum absolute atomic E-state index is 11.9. The molecule has 0 radical (unpaired) electrons. The van der Waals surface area contributed by atoms with Crippen molar-refractivity contribution in [1.29, 1.82) is 0 Å². The Morgan fingerprint density at radius 1 is 1.50 bits per heavy atom. The monoisotopic (exact) mass is 279 g/mol. The highest BCUT2D eigenvalue weighted by Crippen LogP contribution is 2.26. The Morgan fingerprint density at radius 2 is 2.25 bits per heavy atom. The summed E-state index contributed by atoms with van der Waals surface area (Å²) in [7, 11) is 1.60. The number of H-pyrrole nitrogens is 1. The van der Waals surface area contributed by atoms with Gasteiger partial charge in [-0.05, 0) is 12.3 Å². The van der Waals surface area contributed by atoms with E-state index in [0.717, 1.165) is 18.0 Å². The lowest BCUT2D eigenvalue weighted by atomic mass is 9.86. The van der Waals surface area contributed by atoms with Crippen LogP contribution in [0.4, 0.5) is 5.82 Å². The fourth-order valence-corrected chi connectivity index (χ4v) is 2.81. The lowest BCUT2D eigenvalue weighted by Crippen LogP contribution is -2.23. The maximum atomic E-state index is 11.9. The van der Waals surface area contributed by atoms with Gasteiger partial charge in [0, 0.05) is 18.9 Å². The molecule has 1 fully saturated rings. The lowest BCUT2D eigenvalue weighted by molar-refractivity contribution is -0.120. The molecule has 2 N–H and O–H groups in total. The molecule has 1 atom stereocenters. The Morgan fingerprint density at radius 3 is 2.95 bits per heavy atom. The van der Waals surface area contributed by atoms with Gasteiger partial charge in [-0.2, -0.15) is 5.10 Å². The van der Waals surface area contributed by atoms with Gasteiger partial charge in [0.15, 0.2) is 5.82 Å². The second kappa shape index (κ2) is 7.43. The molecule has 1 aromatic heterocycles. The SMILES string of the molecule is COCC(C)C(=O)Nc1cc(CC2CCCCC2)[nH]n1.